The summed E-state index contributed by atoms with van der Waals surface area (Å²) in [5.41, 5.74) is 0. The van der Waals surface area contributed by atoms with Crippen molar-refractivity contribution in [3.05, 3.63) is 0 Å². The molecular weight excluding hydrogens is 220 g/mol. The van der Waals surface area contributed by atoms with Crippen LogP contribution in [-0.4, -0.2) is 36.1 Å². The topological polar surface area (TPSA) is 15.3 Å². The highest BCUT2D eigenvalue weighted by Crippen LogP contribution is 2.28. The Morgan fingerprint density at radius 3 is 2.28 bits per heavy atom. The Bertz CT molecular complexity index is 211. The van der Waals surface area contributed by atoms with E-state index in [1.165, 1.54) is 38.6 Å². The summed E-state index contributed by atoms with van der Waals surface area (Å²) in [6.07, 6.45) is 6.74. The molecule has 2 nitrogen and oxygen atoms in total. The number of rotatable bonds is 8. The Hall–Kier alpha value is -0.0800. The van der Waals surface area contributed by atoms with E-state index in [0.717, 1.165) is 30.6 Å². The van der Waals surface area contributed by atoms with E-state index in [4.69, 9.17) is 0 Å². The molecule has 108 valence electrons. The van der Waals surface area contributed by atoms with Gasteiger partial charge in [-0.05, 0) is 38.1 Å². The maximum atomic E-state index is 3.71. The average Bonchev–Trinajstić information content (AvgIpc) is 2.77. The van der Waals surface area contributed by atoms with Gasteiger partial charge in [0, 0.05) is 24.7 Å². The summed E-state index contributed by atoms with van der Waals surface area (Å²) in [4.78, 5) is 2.82. The minimum absolute atomic E-state index is 0.731. The van der Waals surface area contributed by atoms with Crippen molar-refractivity contribution >= 4 is 0 Å². The molecule has 1 N–H and O–H groups in total. The Morgan fingerprint density at radius 1 is 1.11 bits per heavy atom. The van der Waals surface area contributed by atoms with E-state index in [1.807, 2.05) is 0 Å². The number of likely N-dealkylation sites (N-methyl/N-ethyl adjacent to an activating group) is 1. The molecule has 0 aliphatic heterocycles. The Balaban J connectivity index is 2.73. The Morgan fingerprint density at radius 2 is 1.78 bits per heavy atom. The van der Waals surface area contributed by atoms with E-state index in [-0.39, 0.29) is 0 Å². The highest BCUT2D eigenvalue weighted by atomic mass is 15.2. The van der Waals surface area contributed by atoms with E-state index in [2.05, 4.69) is 44.8 Å². The molecule has 0 bridgehead atoms. The normalized spacial score (nSPS) is 24.7. The minimum Gasteiger partial charge on any atom is -0.313 e. The van der Waals surface area contributed by atoms with E-state index >= 15 is 0 Å². The van der Waals surface area contributed by atoms with E-state index in [9.17, 15) is 0 Å². The quantitative estimate of drug-likeness (QED) is 0.711. The molecule has 18 heavy (non-hydrogen) atoms. The lowest BCUT2D eigenvalue weighted by molar-refractivity contribution is 0.0955. The molecule has 1 aliphatic rings. The smallest absolute Gasteiger partial charge is 0.0252 e. The van der Waals surface area contributed by atoms with E-state index in [0.29, 0.717) is 0 Å². The van der Waals surface area contributed by atoms with Crippen LogP contribution in [0.25, 0.3) is 0 Å². The van der Waals surface area contributed by atoms with Crippen molar-refractivity contribution < 1.29 is 0 Å². The third-order valence-corrected chi connectivity index (χ3v) is 4.36. The average molecular weight is 254 g/mol. The van der Waals surface area contributed by atoms with E-state index < -0.39 is 0 Å². The van der Waals surface area contributed by atoms with Crippen molar-refractivity contribution in [1.82, 2.24) is 10.2 Å². The van der Waals surface area contributed by atoms with Crippen molar-refractivity contribution in [1.29, 1.82) is 0 Å². The van der Waals surface area contributed by atoms with Gasteiger partial charge in [-0.15, -0.1) is 0 Å². The van der Waals surface area contributed by atoms with Gasteiger partial charge in [0.25, 0.3) is 0 Å². The first kappa shape index (κ1) is 16.0. The highest BCUT2D eigenvalue weighted by molar-refractivity contribution is 4.92. The maximum absolute atomic E-state index is 3.71. The molecule has 2 atom stereocenters. The lowest BCUT2D eigenvalue weighted by atomic mass is 10.0. The summed E-state index contributed by atoms with van der Waals surface area (Å²) in [7, 11) is 0. The lowest BCUT2D eigenvalue weighted by Crippen LogP contribution is -2.52. The second-order valence-electron chi connectivity index (χ2n) is 6.22. The van der Waals surface area contributed by atoms with Gasteiger partial charge >= 0.3 is 0 Å². The molecule has 0 amide bonds. The fraction of sp³-hybridized carbons (Fsp3) is 1.00. The molecule has 0 heterocycles. The largest absolute Gasteiger partial charge is 0.313 e. The first-order valence-corrected chi connectivity index (χ1v) is 8.13. The van der Waals surface area contributed by atoms with Gasteiger partial charge in [0.2, 0.25) is 0 Å². The van der Waals surface area contributed by atoms with Crippen LogP contribution >= 0.6 is 0 Å². The van der Waals surface area contributed by atoms with Crippen LogP contribution in [0.3, 0.4) is 0 Å². The fourth-order valence-corrected chi connectivity index (χ4v) is 3.57. The molecule has 0 aromatic carbocycles. The van der Waals surface area contributed by atoms with Crippen molar-refractivity contribution in [3.8, 4) is 0 Å². The number of nitrogens with zero attached hydrogens (tertiary/aromatic N) is 1. The van der Waals surface area contributed by atoms with E-state index in [1.54, 1.807) is 0 Å². The first-order chi connectivity index (χ1) is 8.63. The molecule has 1 fully saturated rings. The second kappa shape index (κ2) is 8.16. The third-order valence-electron chi connectivity index (χ3n) is 4.36. The predicted molar refractivity (Wildman–Crippen MR) is 81.0 cm³/mol. The zero-order chi connectivity index (χ0) is 13.5. The molecule has 1 saturated carbocycles. The predicted octanol–water partition coefficient (Wildman–Crippen LogP) is 3.66. The van der Waals surface area contributed by atoms with Crippen LogP contribution in [-0.2, 0) is 0 Å². The van der Waals surface area contributed by atoms with Gasteiger partial charge in [-0.1, -0.05) is 41.0 Å². The summed E-state index contributed by atoms with van der Waals surface area (Å²) in [5, 5.41) is 3.71. The van der Waals surface area contributed by atoms with Crippen LogP contribution in [0.15, 0.2) is 0 Å². The molecule has 1 aliphatic carbocycles. The van der Waals surface area contributed by atoms with Crippen molar-refractivity contribution in [3.63, 3.8) is 0 Å². The van der Waals surface area contributed by atoms with Gasteiger partial charge in [0.05, 0.1) is 0 Å². The van der Waals surface area contributed by atoms with Gasteiger partial charge in [-0.2, -0.15) is 0 Å². The fourth-order valence-electron chi connectivity index (χ4n) is 3.57. The molecule has 2 heteroatoms. The number of hydrogen-bond acceptors (Lipinski definition) is 2. The zero-order valence-corrected chi connectivity index (χ0v) is 13.2. The van der Waals surface area contributed by atoms with Crippen LogP contribution in [0.2, 0.25) is 0 Å². The molecule has 1 rings (SSSR count). The molecule has 0 spiro atoms. The summed E-state index contributed by atoms with van der Waals surface area (Å²) in [5.74, 6) is 0.772. The zero-order valence-electron chi connectivity index (χ0n) is 13.2. The Kier molecular flexibility index (Phi) is 7.25. The Labute approximate surface area is 115 Å². The molecular formula is C16H34N2. The van der Waals surface area contributed by atoms with Gasteiger partial charge in [-0.25, -0.2) is 0 Å². The van der Waals surface area contributed by atoms with Gasteiger partial charge < -0.3 is 5.32 Å². The van der Waals surface area contributed by atoms with Crippen molar-refractivity contribution in [2.24, 2.45) is 5.92 Å². The minimum atomic E-state index is 0.731. The van der Waals surface area contributed by atoms with Gasteiger partial charge in [0.1, 0.15) is 0 Å². The monoisotopic (exact) mass is 254 g/mol. The van der Waals surface area contributed by atoms with Crippen molar-refractivity contribution in [2.45, 2.75) is 84.8 Å². The summed E-state index contributed by atoms with van der Waals surface area (Å²) < 4.78 is 0. The summed E-state index contributed by atoms with van der Waals surface area (Å²) >= 11 is 0. The summed E-state index contributed by atoms with van der Waals surface area (Å²) in [6.45, 7) is 14.0. The third kappa shape index (κ3) is 4.24. The van der Waals surface area contributed by atoms with Crippen LogP contribution in [0.4, 0.5) is 0 Å². The molecule has 0 aromatic rings. The second-order valence-corrected chi connectivity index (χ2v) is 6.22. The molecule has 0 saturated heterocycles. The maximum Gasteiger partial charge on any atom is 0.0252 e. The van der Waals surface area contributed by atoms with Crippen LogP contribution in [0.1, 0.15) is 66.7 Å². The number of nitrogens with one attached hydrogen (secondary N) is 1. The van der Waals surface area contributed by atoms with Crippen molar-refractivity contribution in [2.75, 3.05) is 13.1 Å². The molecule has 2 unspecified atom stereocenters. The van der Waals surface area contributed by atoms with Gasteiger partial charge in [0.15, 0.2) is 0 Å². The lowest BCUT2D eigenvalue weighted by Gasteiger charge is -2.40. The standard InChI is InChI=1S/C16H34N2/c1-6-14(7-2)18(12-13(4)5)16-11-9-10-15(16)17-8-3/h13-17H,6-12H2,1-5H3. The number of hydrogen-bond donors (Lipinski definition) is 1. The summed E-state index contributed by atoms with van der Waals surface area (Å²) in [6, 6.07) is 2.28. The first-order valence-electron chi connectivity index (χ1n) is 8.13. The van der Waals surface area contributed by atoms with Gasteiger partial charge in [-0.3, -0.25) is 4.90 Å². The van der Waals surface area contributed by atoms with Crippen LogP contribution in [0, 0.1) is 5.92 Å². The highest BCUT2D eigenvalue weighted by Gasteiger charge is 2.34. The van der Waals surface area contributed by atoms with Crippen LogP contribution in [0.5, 0.6) is 0 Å². The SMILES string of the molecule is CCNC1CCCC1N(CC(C)C)C(CC)CC. The molecule has 0 radical (unpaired) electrons. The molecule has 0 aromatic heterocycles. The van der Waals surface area contributed by atoms with Crippen LogP contribution < -0.4 is 5.32 Å².